The van der Waals surface area contributed by atoms with Crippen LogP contribution < -0.4 is 0 Å². The van der Waals surface area contributed by atoms with Crippen molar-refractivity contribution >= 4 is 70.5 Å². The maximum absolute atomic E-state index is 12.6. The summed E-state index contributed by atoms with van der Waals surface area (Å²) in [5, 5.41) is 0. The Hall–Kier alpha value is -4.68. The van der Waals surface area contributed by atoms with Crippen LogP contribution >= 0.6 is 22.7 Å². The van der Waals surface area contributed by atoms with Crippen molar-refractivity contribution in [2.45, 2.75) is 18.8 Å². The van der Waals surface area contributed by atoms with Crippen molar-refractivity contribution in [1.29, 1.82) is 0 Å². The van der Waals surface area contributed by atoms with Crippen molar-refractivity contribution < 1.29 is 28.8 Å². The third-order valence-corrected chi connectivity index (χ3v) is 10.1. The van der Waals surface area contributed by atoms with Crippen molar-refractivity contribution in [1.82, 2.24) is 19.6 Å². The Balaban J connectivity index is 1.28. The van der Waals surface area contributed by atoms with Gasteiger partial charge >= 0.3 is 12.1 Å². The van der Waals surface area contributed by atoms with Crippen LogP contribution in [0.4, 0.5) is 9.59 Å². The highest BCUT2D eigenvalue weighted by molar-refractivity contribution is 7.24. The number of thiophene rings is 2. The number of hydrogen-bond acceptors (Lipinski definition) is 8. The molecule has 6 rings (SSSR count). The molecule has 12 heteroatoms. The first-order chi connectivity index (χ1) is 20.5. The SMILES string of the molecule is CN1C(=O)C(=Cc2ccc(-c3cc(C4CC4)c(-c4ccc(C=C5C(=O)N(C)C(=O)N(C)C5=O)s4)s3)cc2)C(=O)N(C)C1=O. The lowest BCUT2D eigenvalue weighted by molar-refractivity contribution is -0.135. The fourth-order valence-corrected chi connectivity index (χ4v) is 7.33. The van der Waals surface area contributed by atoms with Crippen LogP contribution in [0, 0.1) is 0 Å². The number of rotatable bonds is 5. The Kier molecular flexibility index (Phi) is 6.98. The Morgan fingerprint density at radius 3 is 1.65 bits per heavy atom. The zero-order chi connectivity index (χ0) is 30.7. The molecule has 0 spiro atoms. The number of likely N-dealkylation sites (N-methyl/N-ethyl adjacent to an activating group) is 4. The lowest BCUT2D eigenvalue weighted by atomic mass is 10.0. The first-order valence-electron chi connectivity index (χ1n) is 13.4. The molecular weight excluding hydrogens is 588 g/mol. The highest BCUT2D eigenvalue weighted by Gasteiger charge is 2.39. The third kappa shape index (κ3) is 4.92. The normalized spacial score (nSPS) is 18.0. The molecule has 2 aliphatic heterocycles. The summed E-state index contributed by atoms with van der Waals surface area (Å²) in [5.41, 5.74) is 2.78. The van der Waals surface area contributed by atoms with Gasteiger partial charge in [-0.3, -0.25) is 38.8 Å². The highest BCUT2D eigenvalue weighted by Crippen LogP contribution is 2.51. The number of amides is 8. The van der Waals surface area contributed by atoms with Crippen LogP contribution in [0.2, 0.25) is 0 Å². The number of imide groups is 4. The number of carbonyl (C=O) groups is 6. The Labute approximate surface area is 255 Å². The summed E-state index contributed by atoms with van der Waals surface area (Å²) in [6, 6.07) is 12.3. The summed E-state index contributed by atoms with van der Waals surface area (Å²) in [6.45, 7) is 0. The second kappa shape index (κ2) is 10.5. The summed E-state index contributed by atoms with van der Waals surface area (Å²) in [6.07, 6.45) is 5.27. The Morgan fingerprint density at radius 1 is 0.628 bits per heavy atom. The predicted octanol–water partition coefficient (Wildman–Crippen LogP) is 4.89. The first-order valence-corrected chi connectivity index (χ1v) is 15.1. The van der Waals surface area contributed by atoms with E-state index in [1.54, 1.807) is 17.4 Å². The number of nitrogens with zero attached hydrogens (tertiary/aromatic N) is 4. The van der Waals surface area contributed by atoms with Crippen LogP contribution in [0.5, 0.6) is 0 Å². The minimum absolute atomic E-state index is 0.0520. The van der Waals surface area contributed by atoms with Gasteiger partial charge in [0.25, 0.3) is 23.6 Å². The van der Waals surface area contributed by atoms with Crippen LogP contribution in [0.1, 0.15) is 34.8 Å². The molecule has 1 aromatic carbocycles. The van der Waals surface area contributed by atoms with Gasteiger partial charge in [0.2, 0.25) is 0 Å². The average Bonchev–Trinajstić information content (AvgIpc) is 3.59. The molecule has 1 aliphatic carbocycles. The van der Waals surface area contributed by atoms with Crippen LogP contribution in [0.25, 0.3) is 32.3 Å². The van der Waals surface area contributed by atoms with E-state index in [0.29, 0.717) is 11.5 Å². The second-order valence-corrected chi connectivity index (χ2v) is 12.8. The standard InChI is InChI=1S/C31H26N4O6S2/c1-32-26(36)21(27(37)33(2)30(32)40)13-16-5-7-18(8-6-16)24-15-20(17-9-10-17)25(43-24)23-12-11-19(42-23)14-22-28(38)34(3)31(41)35(4)29(22)39/h5-8,11-15,17H,9-10H2,1-4H3. The molecule has 8 amide bonds. The molecule has 10 nitrogen and oxygen atoms in total. The van der Waals surface area contributed by atoms with Gasteiger partial charge in [0.1, 0.15) is 11.1 Å². The number of hydrogen-bond donors (Lipinski definition) is 0. The second-order valence-electron chi connectivity index (χ2n) is 10.6. The van der Waals surface area contributed by atoms with E-state index in [9.17, 15) is 28.8 Å². The summed E-state index contributed by atoms with van der Waals surface area (Å²) in [7, 11) is 5.40. The lowest BCUT2D eigenvalue weighted by Gasteiger charge is -2.28. The van der Waals surface area contributed by atoms with Crippen molar-refractivity contribution in [2.75, 3.05) is 28.2 Å². The van der Waals surface area contributed by atoms with Gasteiger partial charge < -0.3 is 0 Å². The van der Waals surface area contributed by atoms with E-state index < -0.39 is 35.7 Å². The van der Waals surface area contributed by atoms with Crippen molar-refractivity contribution in [3.8, 4) is 20.2 Å². The summed E-state index contributed by atoms with van der Waals surface area (Å²) in [4.78, 5) is 82.1. The van der Waals surface area contributed by atoms with E-state index in [4.69, 9.17) is 0 Å². The van der Waals surface area contributed by atoms with Crippen LogP contribution in [0.3, 0.4) is 0 Å². The minimum Gasteiger partial charge on any atom is -0.268 e. The quantitative estimate of drug-likeness (QED) is 0.299. The number of barbiturate groups is 2. The van der Waals surface area contributed by atoms with Gasteiger partial charge in [0.05, 0.1) is 0 Å². The van der Waals surface area contributed by atoms with Gasteiger partial charge in [0, 0.05) is 47.7 Å². The van der Waals surface area contributed by atoms with Crippen LogP contribution in [-0.4, -0.2) is 83.5 Å². The van der Waals surface area contributed by atoms with E-state index in [1.165, 1.54) is 51.2 Å². The van der Waals surface area contributed by atoms with Gasteiger partial charge in [0.15, 0.2) is 0 Å². The Bertz CT molecular complexity index is 1760. The molecule has 0 unspecified atom stereocenters. The van der Waals surface area contributed by atoms with E-state index in [0.717, 1.165) is 57.5 Å². The first kappa shape index (κ1) is 28.4. The maximum Gasteiger partial charge on any atom is 0.333 e. The largest absolute Gasteiger partial charge is 0.333 e. The van der Waals surface area contributed by atoms with Gasteiger partial charge in [-0.1, -0.05) is 24.3 Å². The van der Waals surface area contributed by atoms with Crippen molar-refractivity contribution in [3.63, 3.8) is 0 Å². The molecular formula is C31H26N4O6S2. The zero-order valence-electron chi connectivity index (χ0n) is 23.7. The maximum atomic E-state index is 12.6. The number of urea groups is 2. The summed E-state index contributed by atoms with van der Waals surface area (Å²) >= 11 is 3.14. The van der Waals surface area contributed by atoms with Crippen LogP contribution in [0.15, 0.2) is 53.6 Å². The van der Waals surface area contributed by atoms with E-state index >= 15 is 0 Å². The summed E-state index contributed by atoms with van der Waals surface area (Å²) < 4.78 is 0. The number of benzene rings is 1. The molecule has 3 aliphatic rings. The molecule has 43 heavy (non-hydrogen) atoms. The molecule has 0 N–H and O–H groups in total. The van der Waals surface area contributed by atoms with Crippen LogP contribution in [-0.2, 0) is 19.2 Å². The predicted molar refractivity (Wildman–Crippen MR) is 163 cm³/mol. The van der Waals surface area contributed by atoms with Gasteiger partial charge in [-0.15, -0.1) is 22.7 Å². The zero-order valence-corrected chi connectivity index (χ0v) is 25.4. The molecule has 218 valence electrons. The van der Waals surface area contributed by atoms with Gasteiger partial charge in [-0.25, -0.2) is 9.59 Å². The summed E-state index contributed by atoms with van der Waals surface area (Å²) in [5.74, 6) is -2.04. The molecule has 0 atom stereocenters. The van der Waals surface area contributed by atoms with Crippen molar-refractivity contribution in [2.24, 2.45) is 0 Å². The fraction of sp³-hybridized carbons (Fsp3) is 0.226. The minimum atomic E-state index is -0.662. The lowest BCUT2D eigenvalue weighted by Crippen LogP contribution is -2.52. The molecule has 4 heterocycles. The molecule has 3 aromatic rings. The molecule has 0 radical (unpaired) electrons. The smallest absolute Gasteiger partial charge is 0.268 e. The fourth-order valence-electron chi connectivity index (χ4n) is 4.99. The van der Waals surface area contributed by atoms with E-state index in [-0.39, 0.29) is 11.1 Å². The van der Waals surface area contributed by atoms with E-state index in [2.05, 4.69) is 6.07 Å². The third-order valence-electron chi connectivity index (χ3n) is 7.71. The highest BCUT2D eigenvalue weighted by atomic mass is 32.1. The molecule has 1 saturated carbocycles. The molecule has 2 aromatic heterocycles. The molecule has 2 saturated heterocycles. The van der Waals surface area contributed by atoms with Gasteiger partial charge in [-0.05, 0) is 65.8 Å². The van der Waals surface area contributed by atoms with E-state index in [1.807, 2.05) is 36.4 Å². The van der Waals surface area contributed by atoms with Crippen molar-refractivity contribution in [3.05, 3.63) is 69.6 Å². The Morgan fingerprint density at radius 2 is 1.14 bits per heavy atom. The van der Waals surface area contributed by atoms with Gasteiger partial charge in [-0.2, -0.15) is 0 Å². The topological polar surface area (TPSA) is 115 Å². The average molecular weight is 615 g/mol. The molecule has 0 bridgehead atoms. The number of carbonyl (C=O) groups excluding carboxylic acids is 6. The monoisotopic (exact) mass is 614 g/mol. The molecule has 3 fully saturated rings.